The monoisotopic (exact) mass is 313 g/mol. The average molecular weight is 313 g/mol. The lowest BCUT2D eigenvalue weighted by Gasteiger charge is -2.14. The number of alkyl halides is 3. The van der Waals surface area contributed by atoms with Gasteiger partial charge in [0.05, 0.1) is 5.75 Å². The molecular weight excluding hydrogens is 299 g/mol. The minimum Gasteiger partial charge on any atom is -0.382 e. The smallest absolute Gasteiger partial charge is 0.382 e. The normalized spacial score (nSPS) is 14.2. The maximum absolute atomic E-state index is 12.1. The predicted octanol–water partition coefficient (Wildman–Crippen LogP) is 3.14. The van der Waals surface area contributed by atoms with Crippen LogP contribution in [0.15, 0.2) is 29.2 Å². The molecule has 0 amide bonds. The van der Waals surface area contributed by atoms with E-state index in [1.165, 1.54) is 24.3 Å². The third kappa shape index (κ3) is 7.31. The van der Waals surface area contributed by atoms with Crippen LogP contribution in [0, 0.1) is 0 Å². The van der Waals surface area contributed by atoms with Crippen LogP contribution < -0.4 is 5.32 Å². The van der Waals surface area contributed by atoms with Crippen molar-refractivity contribution in [2.24, 2.45) is 0 Å². The van der Waals surface area contributed by atoms with E-state index in [-0.39, 0.29) is 28.5 Å². The number of hydrogen-bond acceptors (Lipinski definition) is 4. The van der Waals surface area contributed by atoms with Crippen molar-refractivity contribution in [1.82, 2.24) is 0 Å². The standard InChI is InChI=1S/C11H14F3NO2S2/c1-8(7-19(2,16)17)15-9-3-5-10(6-4-9)18-11(12,13)14/h3-6,8,15H,7H2,1-2H3. The lowest BCUT2D eigenvalue weighted by molar-refractivity contribution is -0.0328. The molecule has 0 aromatic heterocycles. The Morgan fingerprint density at radius 1 is 1.26 bits per heavy atom. The molecule has 1 aromatic carbocycles. The number of benzene rings is 1. The Kier molecular flexibility index (Phi) is 5.14. The maximum atomic E-state index is 12.1. The van der Waals surface area contributed by atoms with Crippen molar-refractivity contribution >= 4 is 27.3 Å². The van der Waals surface area contributed by atoms with Crippen molar-refractivity contribution in [2.75, 3.05) is 17.3 Å². The van der Waals surface area contributed by atoms with Crippen LogP contribution in [0.3, 0.4) is 0 Å². The molecule has 0 heterocycles. The number of rotatable bonds is 5. The third-order valence-corrected chi connectivity index (χ3v) is 3.90. The van der Waals surface area contributed by atoms with Gasteiger partial charge in [0.2, 0.25) is 0 Å². The van der Waals surface area contributed by atoms with Gasteiger partial charge in [-0.2, -0.15) is 13.2 Å². The van der Waals surface area contributed by atoms with Gasteiger partial charge in [-0.15, -0.1) is 0 Å². The highest BCUT2D eigenvalue weighted by atomic mass is 32.2. The summed E-state index contributed by atoms with van der Waals surface area (Å²) in [5.41, 5.74) is -3.72. The van der Waals surface area contributed by atoms with Crippen LogP contribution in [-0.2, 0) is 9.84 Å². The van der Waals surface area contributed by atoms with Crippen LogP contribution in [0.4, 0.5) is 18.9 Å². The van der Waals surface area contributed by atoms with Crippen molar-refractivity contribution in [3.63, 3.8) is 0 Å². The topological polar surface area (TPSA) is 46.2 Å². The van der Waals surface area contributed by atoms with Crippen LogP contribution in [-0.4, -0.2) is 32.0 Å². The van der Waals surface area contributed by atoms with Gasteiger partial charge in [-0.25, -0.2) is 8.42 Å². The van der Waals surface area contributed by atoms with Crippen LogP contribution in [0.2, 0.25) is 0 Å². The van der Waals surface area contributed by atoms with Gasteiger partial charge in [0, 0.05) is 22.9 Å². The van der Waals surface area contributed by atoms with Gasteiger partial charge >= 0.3 is 5.51 Å². The summed E-state index contributed by atoms with van der Waals surface area (Å²) in [5.74, 6) is -0.0357. The zero-order valence-corrected chi connectivity index (χ0v) is 12.0. The summed E-state index contributed by atoms with van der Waals surface area (Å²) in [7, 11) is -3.09. The van der Waals surface area contributed by atoms with E-state index in [9.17, 15) is 21.6 Å². The molecule has 0 radical (unpaired) electrons. The van der Waals surface area contributed by atoms with Crippen molar-refractivity contribution in [3.8, 4) is 0 Å². The van der Waals surface area contributed by atoms with Gasteiger partial charge in [-0.3, -0.25) is 0 Å². The Balaban J connectivity index is 2.62. The largest absolute Gasteiger partial charge is 0.446 e. The van der Waals surface area contributed by atoms with Crippen molar-refractivity contribution in [3.05, 3.63) is 24.3 Å². The van der Waals surface area contributed by atoms with Crippen LogP contribution in [0.5, 0.6) is 0 Å². The Morgan fingerprint density at radius 2 is 1.79 bits per heavy atom. The molecule has 1 atom stereocenters. The third-order valence-electron chi connectivity index (χ3n) is 2.05. The number of halogens is 3. The Hall–Kier alpha value is -0.890. The fraction of sp³-hybridized carbons (Fsp3) is 0.455. The number of anilines is 1. The Bertz CT molecular complexity index is 512. The highest BCUT2D eigenvalue weighted by Crippen LogP contribution is 2.37. The van der Waals surface area contributed by atoms with E-state index >= 15 is 0 Å². The molecule has 0 spiro atoms. The number of thioether (sulfide) groups is 1. The van der Waals surface area contributed by atoms with E-state index in [0.29, 0.717) is 5.69 Å². The molecule has 0 fully saturated rings. The fourth-order valence-electron chi connectivity index (χ4n) is 1.53. The summed E-state index contributed by atoms with van der Waals surface area (Å²) in [6, 6.07) is 5.36. The first-order valence-electron chi connectivity index (χ1n) is 5.35. The first kappa shape index (κ1) is 16.2. The average Bonchev–Trinajstić information content (AvgIpc) is 2.15. The molecule has 0 aliphatic rings. The quantitative estimate of drug-likeness (QED) is 0.848. The zero-order valence-electron chi connectivity index (χ0n) is 10.4. The second-order valence-electron chi connectivity index (χ2n) is 4.21. The summed E-state index contributed by atoms with van der Waals surface area (Å²) in [4.78, 5) is 0.0915. The molecule has 108 valence electrons. The Morgan fingerprint density at radius 3 is 2.21 bits per heavy atom. The van der Waals surface area contributed by atoms with Crippen molar-refractivity contribution < 1.29 is 21.6 Å². The van der Waals surface area contributed by atoms with Crippen LogP contribution in [0.1, 0.15) is 6.92 Å². The number of nitrogens with one attached hydrogen (secondary N) is 1. The molecule has 0 saturated carbocycles. The zero-order chi connectivity index (χ0) is 14.7. The van der Waals surface area contributed by atoms with E-state index in [1.807, 2.05) is 0 Å². The fourth-order valence-corrected chi connectivity index (χ4v) is 3.06. The van der Waals surface area contributed by atoms with E-state index in [0.717, 1.165) is 6.26 Å². The molecule has 0 bridgehead atoms. The number of sulfone groups is 1. The van der Waals surface area contributed by atoms with Gasteiger partial charge in [0.15, 0.2) is 0 Å². The molecule has 1 unspecified atom stereocenters. The van der Waals surface area contributed by atoms with Gasteiger partial charge in [-0.1, -0.05) is 0 Å². The molecule has 8 heteroatoms. The van der Waals surface area contributed by atoms with Crippen molar-refractivity contribution in [1.29, 1.82) is 0 Å². The summed E-state index contributed by atoms with van der Waals surface area (Å²) >= 11 is -0.185. The number of hydrogen-bond donors (Lipinski definition) is 1. The summed E-state index contributed by atoms with van der Waals surface area (Å²) in [5, 5.41) is 2.92. The SMILES string of the molecule is CC(CS(C)(=O)=O)Nc1ccc(SC(F)(F)F)cc1. The van der Waals surface area contributed by atoms with E-state index in [4.69, 9.17) is 0 Å². The second-order valence-corrected chi connectivity index (χ2v) is 7.53. The van der Waals surface area contributed by atoms with Crippen LogP contribution in [0.25, 0.3) is 0 Å². The first-order valence-corrected chi connectivity index (χ1v) is 8.23. The first-order chi connectivity index (χ1) is 8.55. The molecule has 1 rings (SSSR count). The van der Waals surface area contributed by atoms with E-state index in [1.54, 1.807) is 6.92 Å². The predicted molar refractivity (Wildman–Crippen MR) is 71.1 cm³/mol. The van der Waals surface area contributed by atoms with Gasteiger partial charge in [0.25, 0.3) is 0 Å². The van der Waals surface area contributed by atoms with Gasteiger partial charge in [0.1, 0.15) is 9.84 Å². The van der Waals surface area contributed by atoms with Gasteiger partial charge < -0.3 is 5.32 Å². The molecule has 0 aliphatic carbocycles. The maximum Gasteiger partial charge on any atom is 0.446 e. The molecule has 3 nitrogen and oxygen atoms in total. The van der Waals surface area contributed by atoms with Crippen LogP contribution >= 0.6 is 11.8 Å². The molecule has 0 saturated heterocycles. The molecule has 19 heavy (non-hydrogen) atoms. The molecule has 0 aliphatic heterocycles. The minimum atomic E-state index is -4.31. The lowest BCUT2D eigenvalue weighted by Crippen LogP contribution is -2.24. The highest BCUT2D eigenvalue weighted by molar-refractivity contribution is 8.00. The summed E-state index contributed by atoms with van der Waals surface area (Å²) in [6.45, 7) is 1.69. The highest BCUT2D eigenvalue weighted by Gasteiger charge is 2.29. The lowest BCUT2D eigenvalue weighted by atomic mass is 10.3. The second kappa shape index (κ2) is 6.04. The van der Waals surface area contributed by atoms with E-state index < -0.39 is 15.3 Å². The Labute approximate surface area is 114 Å². The summed E-state index contributed by atoms with van der Waals surface area (Å²) < 4.78 is 58.5. The molecule has 1 N–H and O–H groups in total. The van der Waals surface area contributed by atoms with Crippen molar-refractivity contribution in [2.45, 2.75) is 23.4 Å². The molecule has 1 aromatic rings. The summed E-state index contributed by atoms with van der Waals surface area (Å²) in [6.07, 6.45) is 1.13. The molecular formula is C11H14F3NO2S2. The van der Waals surface area contributed by atoms with E-state index in [2.05, 4.69) is 5.32 Å². The van der Waals surface area contributed by atoms with Gasteiger partial charge in [-0.05, 0) is 43.0 Å². The minimum absolute atomic E-state index is 0.0357.